The Bertz CT molecular complexity index is 411. The van der Waals surface area contributed by atoms with Crippen LogP contribution in [0.1, 0.15) is 25.8 Å². The molecular formula is C13H16F3NO. The predicted octanol–water partition coefficient (Wildman–Crippen LogP) is 3.47. The Morgan fingerprint density at radius 3 is 2.28 bits per heavy atom. The molecule has 0 aromatic heterocycles. The highest BCUT2D eigenvalue weighted by molar-refractivity contribution is 5.27. The molecule has 0 heterocycles. The minimum atomic E-state index is -4.63. The molecule has 18 heavy (non-hydrogen) atoms. The largest absolute Gasteiger partial charge is 0.573 e. The molecule has 1 saturated carbocycles. The molecule has 1 aromatic rings. The van der Waals surface area contributed by atoms with Gasteiger partial charge in [-0.2, -0.15) is 0 Å². The van der Waals surface area contributed by atoms with Gasteiger partial charge in [0.1, 0.15) is 5.75 Å². The zero-order valence-corrected chi connectivity index (χ0v) is 10.3. The molecule has 1 aliphatic rings. The standard InChI is InChI=1S/C13H16F3NO/c1-12(2)7-11(12)17-8-9-3-5-10(6-4-9)18-13(14,15)16/h3-6,11,17H,7-8H2,1-2H3. The topological polar surface area (TPSA) is 21.3 Å². The number of nitrogens with one attached hydrogen (secondary N) is 1. The summed E-state index contributed by atoms with van der Waals surface area (Å²) in [5.74, 6) is -0.182. The Morgan fingerprint density at radius 1 is 1.28 bits per heavy atom. The van der Waals surface area contributed by atoms with Crippen molar-refractivity contribution in [3.63, 3.8) is 0 Å². The summed E-state index contributed by atoms with van der Waals surface area (Å²) in [4.78, 5) is 0. The third kappa shape index (κ3) is 3.63. The quantitative estimate of drug-likeness (QED) is 0.894. The Hall–Kier alpha value is -1.23. The number of halogens is 3. The summed E-state index contributed by atoms with van der Waals surface area (Å²) in [5, 5.41) is 3.37. The normalized spacial score (nSPS) is 21.7. The van der Waals surface area contributed by atoms with Gasteiger partial charge in [-0.25, -0.2) is 0 Å². The van der Waals surface area contributed by atoms with Crippen LogP contribution < -0.4 is 10.1 Å². The lowest BCUT2D eigenvalue weighted by atomic mass is 10.2. The summed E-state index contributed by atoms with van der Waals surface area (Å²) in [6.45, 7) is 5.04. The molecule has 2 rings (SSSR count). The highest BCUT2D eigenvalue weighted by Crippen LogP contribution is 2.44. The Morgan fingerprint density at radius 2 is 1.83 bits per heavy atom. The third-order valence-electron chi connectivity index (χ3n) is 3.22. The summed E-state index contributed by atoms with van der Waals surface area (Å²) >= 11 is 0. The molecule has 1 aromatic carbocycles. The maximum Gasteiger partial charge on any atom is 0.573 e. The summed E-state index contributed by atoms with van der Waals surface area (Å²) in [5.41, 5.74) is 1.30. The van der Waals surface area contributed by atoms with Gasteiger partial charge >= 0.3 is 6.36 Å². The first kappa shape index (κ1) is 13.2. The smallest absolute Gasteiger partial charge is 0.406 e. The molecule has 1 aliphatic carbocycles. The average molecular weight is 259 g/mol. The van der Waals surface area contributed by atoms with E-state index < -0.39 is 6.36 Å². The zero-order valence-electron chi connectivity index (χ0n) is 10.3. The fourth-order valence-corrected chi connectivity index (χ4v) is 1.87. The molecule has 1 atom stereocenters. The predicted molar refractivity (Wildman–Crippen MR) is 62.2 cm³/mol. The summed E-state index contributed by atoms with van der Waals surface area (Å²) in [6, 6.07) is 6.46. The van der Waals surface area contributed by atoms with Crippen LogP contribution in [0.2, 0.25) is 0 Å². The number of alkyl halides is 3. The SMILES string of the molecule is CC1(C)CC1NCc1ccc(OC(F)(F)F)cc1. The van der Waals surface area contributed by atoms with Crippen molar-refractivity contribution in [1.82, 2.24) is 5.32 Å². The van der Waals surface area contributed by atoms with Crippen molar-refractivity contribution in [2.24, 2.45) is 5.41 Å². The van der Waals surface area contributed by atoms with Gasteiger partial charge < -0.3 is 10.1 Å². The van der Waals surface area contributed by atoms with Crippen LogP contribution in [0.4, 0.5) is 13.2 Å². The highest BCUT2D eigenvalue weighted by atomic mass is 19.4. The molecule has 1 fully saturated rings. The van der Waals surface area contributed by atoms with Crippen LogP contribution in [-0.2, 0) is 6.54 Å². The Kier molecular flexibility index (Phi) is 3.27. The maximum absolute atomic E-state index is 12.0. The lowest BCUT2D eigenvalue weighted by Crippen LogP contribution is -2.20. The van der Waals surface area contributed by atoms with Crippen molar-refractivity contribution in [3.05, 3.63) is 29.8 Å². The second-order valence-electron chi connectivity index (χ2n) is 5.32. The van der Waals surface area contributed by atoms with E-state index in [4.69, 9.17) is 0 Å². The first-order valence-corrected chi connectivity index (χ1v) is 5.84. The highest BCUT2D eigenvalue weighted by Gasteiger charge is 2.44. The van der Waals surface area contributed by atoms with Crippen molar-refractivity contribution >= 4 is 0 Å². The number of hydrogen-bond donors (Lipinski definition) is 1. The van der Waals surface area contributed by atoms with Crippen molar-refractivity contribution in [2.75, 3.05) is 0 Å². The fraction of sp³-hybridized carbons (Fsp3) is 0.538. The van der Waals surface area contributed by atoms with E-state index in [-0.39, 0.29) is 5.75 Å². The van der Waals surface area contributed by atoms with Crippen LogP contribution in [0.25, 0.3) is 0 Å². The molecule has 5 heteroatoms. The fourth-order valence-electron chi connectivity index (χ4n) is 1.87. The average Bonchev–Trinajstić information content (AvgIpc) is 2.83. The van der Waals surface area contributed by atoms with Crippen LogP contribution in [0.15, 0.2) is 24.3 Å². The van der Waals surface area contributed by atoms with E-state index in [1.807, 2.05) is 0 Å². The van der Waals surface area contributed by atoms with E-state index in [0.29, 0.717) is 18.0 Å². The molecule has 1 unspecified atom stereocenters. The van der Waals surface area contributed by atoms with Crippen molar-refractivity contribution in [1.29, 1.82) is 0 Å². The second-order valence-corrected chi connectivity index (χ2v) is 5.32. The van der Waals surface area contributed by atoms with Crippen LogP contribution in [0.5, 0.6) is 5.75 Å². The van der Waals surface area contributed by atoms with Crippen molar-refractivity contribution in [2.45, 2.75) is 39.2 Å². The molecule has 100 valence electrons. The van der Waals surface area contributed by atoms with Gasteiger partial charge in [-0.05, 0) is 29.5 Å². The number of benzene rings is 1. The summed E-state index contributed by atoms with van der Waals surface area (Å²) < 4.78 is 39.7. The number of ether oxygens (including phenoxy) is 1. The van der Waals surface area contributed by atoms with Gasteiger partial charge in [0, 0.05) is 12.6 Å². The van der Waals surface area contributed by atoms with Crippen molar-refractivity contribution < 1.29 is 17.9 Å². The van der Waals surface area contributed by atoms with Gasteiger partial charge in [-0.1, -0.05) is 26.0 Å². The van der Waals surface area contributed by atoms with Gasteiger partial charge in [0.15, 0.2) is 0 Å². The molecule has 0 bridgehead atoms. The minimum Gasteiger partial charge on any atom is -0.406 e. The second kappa shape index (κ2) is 4.46. The molecule has 1 N–H and O–H groups in total. The first-order valence-electron chi connectivity index (χ1n) is 5.84. The van der Waals surface area contributed by atoms with E-state index in [9.17, 15) is 13.2 Å². The Labute approximate surface area is 104 Å². The first-order chi connectivity index (χ1) is 8.26. The monoisotopic (exact) mass is 259 g/mol. The zero-order chi connectivity index (χ0) is 13.4. The molecule has 2 nitrogen and oxygen atoms in total. The van der Waals surface area contributed by atoms with Crippen LogP contribution in [-0.4, -0.2) is 12.4 Å². The minimum absolute atomic E-state index is 0.182. The van der Waals surface area contributed by atoms with Crippen LogP contribution in [0, 0.1) is 5.41 Å². The molecule has 0 saturated heterocycles. The van der Waals surface area contributed by atoms with Crippen LogP contribution in [0.3, 0.4) is 0 Å². The van der Waals surface area contributed by atoms with Gasteiger partial charge in [-0.15, -0.1) is 13.2 Å². The van der Waals surface area contributed by atoms with Gasteiger partial charge in [-0.3, -0.25) is 0 Å². The third-order valence-corrected chi connectivity index (χ3v) is 3.22. The molecule has 0 amide bonds. The van der Waals surface area contributed by atoms with E-state index >= 15 is 0 Å². The molecular weight excluding hydrogens is 243 g/mol. The summed E-state index contributed by atoms with van der Waals surface area (Å²) in [7, 11) is 0. The molecule has 0 radical (unpaired) electrons. The number of rotatable bonds is 4. The molecule has 0 spiro atoms. The van der Waals surface area contributed by atoms with Crippen LogP contribution >= 0.6 is 0 Å². The van der Waals surface area contributed by atoms with Gasteiger partial charge in [0.05, 0.1) is 0 Å². The number of hydrogen-bond acceptors (Lipinski definition) is 2. The molecule has 0 aliphatic heterocycles. The Balaban J connectivity index is 1.84. The van der Waals surface area contributed by atoms with Gasteiger partial charge in [0.25, 0.3) is 0 Å². The van der Waals surface area contributed by atoms with Crippen molar-refractivity contribution in [3.8, 4) is 5.75 Å². The van der Waals surface area contributed by atoms with E-state index in [0.717, 1.165) is 12.0 Å². The maximum atomic E-state index is 12.0. The van der Waals surface area contributed by atoms with Gasteiger partial charge in [0.2, 0.25) is 0 Å². The van der Waals surface area contributed by atoms with E-state index in [1.165, 1.54) is 12.1 Å². The lowest BCUT2D eigenvalue weighted by Gasteiger charge is -2.10. The van der Waals surface area contributed by atoms with E-state index in [1.54, 1.807) is 12.1 Å². The summed E-state index contributed by atoms with van der Waals surface area (Å²) in [6.07, 6.45) is -3.49. The lowest BCUT2D eigenvalue weighted by molar-refractivity contribution is -0.274. The van der Waals surface area contributed by atoms with E-state index in [2.05, 4.69) is 23.9 Å².